The number of urea groups is 1. The summed E-state index contributed by atoms with van der Waals surface area (Å²) in [5, 5.41) is 14.2. The lowest BCUT2D eigenvalue weighted by Crippen LogP contribution is -2.54. The van der Waals surface area contributed by atoms with Crippen molar-refractivity contribution in [1.29, 1.82) is 0 Å². The zero-order valence-corrected chi connectivity index (χ0v) is 19.7. The second-order valence-electron chi connectivity index (χ2n) is 9.08. The Morgan fingerprint density at radius 3 is 2.34 bits per heavy atom. The Labute approximate surface area is 202 Å². The number of amides is 3. The van der Waals surface area contributed by atoms with E-state index in [4.69, 9.17) is 0 Å². The van der Waals surface area contributed by atoms with E-state index in [2.05, 4.69) is 5.32 Å². The fraction of sp³-hybridized carbons (Fsp3) is 0.391. The molecule has 1 aliphatic carbocycles. The standard InChI is InChI=1S/C23H25N5O6S/c29-21-23(10-9-17-5-1-2-6-18(17)15-23)24-22(30)27(21)16-25-11-13-26(14-12-25)35(33,34)20-8-4-3-7-19(20)28(31)32/h1-8H,9-16H2,(H,24,30). The number of nitrogens with one attached hydrogen (secondary N) is 1. The number of nitro groups is 1. The van der Waals surface area contributed by atoms with Gasteiger partial charge in [0.05, 0.1) is 11.6 Å². The summed E-state index contributed by atoms with van der Waals surface area (Å²) >= 11 is 0. The van der Waals surface area contributed by atoms with Gasteiger partial charge in [-0.2, -0.15) is 4.31 Å². The number of para-hydroxylation sites is 1. The first kappa shape index (κ1) is 23.4. The minimum absolute atomic E-state index is 0.0629. The first-order valence-corrected chi connectivity index (χ1v) is 12.8. The van der Waals surface area contributed by atoms with Crippen LogP contribution in [0.2, 0.25) is 0 Å². The lowest BCUT2D eigenvalue weighted by molar-refractivity contribution is -0.387. The average molecular weight is 500 g/mol. The van der Waals surface area contributed by atoms with Crippen LogP contribution in [0.1, 0.15) is 17.5 Å². The molecule has 3 aliphatic rings. The van der Waals surface area contributed by atoms with Gasteiger partial charge in [-0.15, -0.1) is 0 Å². The van der Waals surface area contributed by atoms with Gasteiger partial charge in [-0.1, -0.05) is 36.4 Å². The lowest BCUT2D eigenvalue weighted by Gasteiger charge is -2.36. The average Bonchev–Trinajstić information content (AvgIpc) is 3.08. The van der Waals surface area contributed by atoms with E-state index in [0.717, 1.165) is 5.56 Å². The first-order valence-electron chi connectivity index (χ1n) is 11.4. The monoisotopic (exact) mass is 499 g/mol. The van der Waals surface area contributed by atoms with Gasteiger partial charge in [-0.3, -0.25) is 19.8 Å². The number of hydrogen-bond donors (Lipinski definition) is 1. The quantitative estimate of drug-likeness (QED) is 0.373. The number of rotatable bonds is 5. The number of fused-ring (bicyclic) bond motifs is 1. The predicted molar refractivity (Wildman–Crippen MR) is 125 cm³/mol. The number of aryl methyl sites for hydroxylation is 1. The molecular weight excluding hydrogens is 474 g/mol. The largest absolute Gasteiger partial charge is 0.326 e. The molecule has 2 saturated heterocycles. The van der Waals surface area contributed by atoms with E-state index in [1.165, 1.54) is 39.0 Å². The number of carbonyl (C=O) groups is 2. The lowest BCUT2D eigenvalue weighted by atomic mass is 9.78. The number of sulfonamides is 1. The molecule has 1 spiro atoms. The van der Waals surface area contributed by atoms with Crippen LogP contribution >= 0.6 is 0 Å². The molecule has 2 fully saturated rings. The Balaban J connectivity index is 1.25. The van der Waals surface area contributed by atoms with Gasteiger partial charge in [0.1, 0.15) is 5.54 Å². The third-order valence-corrected chi connectivity index (χ3v) is 8.98. The van der Waals surface area contributed by atoms with E-state index < -0.39 is 32.2 Å². The molecule has 1 atom stereocenters. The summed E-state index contributed by atoms with van der Waals surface area (Å²) in [5.74, 6) is -0.257. The Kier molecular flexibility index (Phi) is 5.82. The molecule has 0 radical (unpaired) electrons. The molecule has 5 rings (SSSR count). The Hall–Kier alpha value is -3.35. The molecular formula is C23H25N5O6S. The van der Waals surface area contributed by atoms with Gasteiger partial charge in [0.15, 0.2) is 4.90 Å². The van der Waals surface area contributed by atoms with Crippen molar-refractivity contribution in [3.8, 4) is 0 Å². The van der Waals surface area contributed by atoms with Crippen LogP contribution in [0.25, 0.3) is 0 Å². The van der Waals surface area contributed by atoms with Crippen LogP contribution in [0, 0.1) is 10.1 Å². The van der Waals surface area contributed by atoms with Crippen molar-refractivity contribution in [3.63, 3.8) is 0 Å². The summed E-state index contributed by atoms with van der Waals surface area (Å²) in [6.07, 6.45) is 1.69. The normalized spacial score (nSPS) is 23.4. The molecule has 1 N–H and O–H groups in total. The summed E-state index contributed by atoms with van der Waals surface area (Å²) in [6.45, 7) is 0.819. The van der Waals surface area contributed by atoms with E-state index in [1.54, 1.807) is 0 Å². The molecule has 0 aromatic heterocycles. The number of hydrogen-bond acceptors (Lipinski definition) is 7. The van der Waals surface area contributed by atoms with Gasteiger partial charge in [0.2, 0.25) is 10.0 Å². The predicted octanol–water partition coefficient (Wildman–Crippen LogP) is 1.34. The van der Waals surface area contributed by atoms with Crippen LogP contribution in [-0.4, -0.2) is 77.8 Å². The summed E-state index contributed by atoms with van der Waals surface area (Å²) in [4.78, 5) is 39.4. The SMILES string of the molecule is O=C1NC2(CCc3ccccc3C2)C(=O)N1CN1CCN(S(=O)(=O)c2ccccc2[N+](=O)[O-])CC1. The number of nitrogens with zero attached hydrogens (tertiary/aromatic N) is 4. The molecule has 35 heavy (non-hydrogen) atoms. The molecule has 11 nitrogen and oxygen atoms in total. The number of benzene rings is 2. The van der Waals surface area contributed by atoms with Crippen LogP contribution in [0.3, 0.4) is 0 Å². The second-order valence-corrected chi connectivity index (χ2v) is 11.0. The maximum atomic E-state index is 13.3. The van der Waals surface area contributed by atoms with Gasteiger partial charge < -0.3 is 5.32 Å². The molecule has 2 heterocycles. The van der Waals surface area contributed by atoms with Gasteiger partial charge >= 0.3 is 6.03 Å². The number of piperazine rings is 1. The fourth-order valence-electron chi connectivity index (χ4n) is 5.11. The molecule has 2 aromatic rings. The highest BCUT2D eigenvalue weighted by Crippen LogP contribution is 2.34. The third kappa shape index (κ3) is 4.07. The zero-order valence-electron chi connectivity index (χ0n) is 18.9. The molecule has 0 bridgehead atoms. The Bertz CT molecular complexity index is 1310. The molecule has 12 heteroatoms. The number of imide groups is 1. The van der Waals surface area contributed by atoms with Crippen LogP contribution < -0.4 is 5.32 Å². The minimum Gasteiger partial charge on any atom is -0.323 e. The molecule has 0 saturated carbocycles. The number of nitro benzene ring substituents is 1. The van der Waals surface area contributed by atoms with Gasteiger partial charge in [0, 0.05) is 38.7 Å². The zero-order chi connectivity index (χ0) is 24.8. The van der Waals surface area contributed by atoms with Crippen molar-refractivity contribution in [2.75, 3.05) is 32.8 Å². The minimum atomic E-state index is -4.06. The maximum Gasteiger partial charge on any atom is 0.326 e. The van der Waals surface area contributed by atoms with E-state index in [1.807, 2.05) is 29.2 Å². The smallest absolute Gasteiger partial charge is 0.323 e. The number of carbonyl (C=O) groups excluding carboxylic acids is 2. The molecule has 1 unspecified atom stereocenters. The highest BCUT2D eigenvalue weighted by Gasteiger charge is 2.52. The van der Waals surface area contributed by atoms with Crippen molar-refractivity contribution < 1.29 is 22.9 Å². The molecule has 184 valence electrons. The maximum absolute atomic E-state index is 13.3. The van der Waals surface area contributed by atoms with E-state index in [9.17, 15) is 28.1 Å². The molecule has 3 amide bonds. The van der Waals surface area contributed by atoms with Crippen molar-refractivity contribution in [1.82, 2.24) is 19.4 Å². The third-order valence-electron chi connectivity index (χ3n) is 7.03. The summed E-state index contributed by atoms with van der Waals surface area (Å²) in [6, 6.07) is 12.7. The van der Waals surface area contributed by atoms with Crippen LogP contribution in [0.4, 0.5) is 10.5 Å². The first-order chi connectivity index (χ1) is 16.7. The van der Waals surface area contributed by atoms with Gasteiger partial charge in [-0.25, -0.2) is 18.1 Å². The van der Waals surface area contributed by atoms with Crippen molar-refractivity contribution in [2.24, 2.45) is 0 Å². The Morgan fingerprint density at radius 1 is 0.971 bits per heavy atom. The second kappa shape index (κ2) is 8.70. The van der Waals surface area contributed by atoms with Gasteiger partial charge in [-0.05, 0) is 30.0 Å². The summed E-state index contributed by atoms with van der Waals surface area (Å²) in [7, 11) is -4.06. The van der Waals surface area contributed by atoms with Crippen molar-refractivity contribution >= 4 is 27.6 Å². The van der Waals surface area contributed by atoms with Crippen molar-refractivity contribution in [3.05, 3.63) is 69.8 Å². The van der Waals surface area contributed by atoms with E-state index in [0.29, 0.717) is 19.3 Å². The van der Waals surface area contributed by atoms with Crippen LogP contribution in [-0.2, 0) is 27.7 Å². The fourth-order valence-corrected chi connectivity index (χ4v) is 6.69. The summed E-state index contributed by atoms with van der Waals surface area (Å²) < 4.78 is 27.3. The topological polar surface area (TPSA) is 133 Å². The van der Waals surface area contributed by atoms with Crippen molar-refractivity contribution in [2.45, 2.75) is 29.7 Å². The highest BCUT2D eigenvalue weighted by atomic mass is 32.2. The van der Waals surface area contributed by atoms with Crippen LogP contribution in [0.15, 0.2) is 53.4 Å². The highest BCUT2D eigenvalue weighted by molar-refractivity contribution is 7.89. The van der Waals surface area contributed by atoms with E-state index >= 15 is 0 Å². The van der Waals surface area contributed by atoms with E-state index in [-0.39, 0.29) is 43.7 Å². The molecule has 2 aliphatic heterocycles. The van der Waals surface area contributed by atoms with Crippen LogP contribution in [0.5, 0.6) is 0 Å². The Morgan fingerprint density at radius 2 is 1.63 bits per heavy atom. The van der Waals surface area contributed by atoms with Gasteiger partial charge in [0.25, 0.3) is 11.6 Å². The molecule has 2 aromatic carbocycles. The summed E-state index contributed by atoms with van der Waals surface area (Å²) in [5.41, 5.74) is 0.842.